The second kappa shape index (κ2) is 6.74. The van der Waals surface area contributed by atoms with Crippen molar-refractivity contribution in [1.29, 1.82) is 0 Å². The number of aryl methyl sites for hydroxylation is 1. The fraction of sp³-hybridized carbons (Fsp3) is 0.529. The first-order chi connectivity index (χ1) is 10.0. The smallest absolute Gasteiger partial charge is 0.253 e. The van der Waals surface area contributed by atoms with Crippen LogP contribution in [0.4, 0.5) is 0 Å². The van der Waals surface area contributed by atoms with Crippen LogP contribution in [-0.2, 0) is 11.2 Å². The number of piperidine rings is 1. The van der Waals surface area contributed by atoms with Gasteiger partial charge >= 0.3 is 0 Å². The quantitative estimate of drug-likeness (QED) is 0.855. The van der Waals surface area contributed by atoms with Gasteiger partial charge in [0, 0.05) is 38.7 Å². The second-order valence-electron chi connectivity index (χ2n) is 5.85. The van der Waals surface area contributed by atoms with E-state index in [0.717, 1.165) is 24.8 Å². The molecule has 0 saturated carbocycles. The number of amides is 2. The van der Waals surface area contributed by atoms with Crippen LogP contribution >= 0.6 is 0 Å². The number of hydrogen-bond acceptors (Lipinski definition) is 2. The Kier molecular flexibility index (Phi) is 4.99. The van der Waals surface area contributed by atoms with Crippen LogP contribution in [-0.4, -0.2) is 48.8 Å². The summed E-state index contributed by atoms with van der Waals surface area (Å²) < 4.78 is 0. The zero-order valence-corrected chi connectivity index (χ0v) is 13.1. The van der Waals surface area contributed by atoms with Crippen molar-refractivity contribution < 1.29 is 9.59 Å². The topological polar surface area (TPSA) is 40.6 Å². The number of benzene rings is 1. The zero-order chi connectivity index (χ0) is 15.4. The third-order valence-corrected chi connectivity index (χ3v) is 4.18. The van der Waals surface area contributed by atoms with E-state index in [9.17, 15) is 9.59 Å². The van der Waals surface area contributed by atoms with Gasteiger partial charge < -0.3 is 9.80 Å². The maximum Gasteiger partial charge on any atom is 0.253 e. The van der Waals surface area contributed by atoms with Crippen molar-refractivity contribution in [3.63, 3.8) is 0 Å². The van der Waals surface area contributed by atoms with Gasteiger partial charge in [-0.3, -0.25) is 9.59 Å². The summed E-state index contributed by atoms with van der Waals surface area (Å²) >= 11 is 0. The van der Waals surface area contributed by atoms with Crippen LogP contribution in [0.2, 0.25) is 0 Å². The van der Waals surface area contributed by atoms with Gasteiger partial charge in [-0.15, -0.1) is 0 Å². The minimum Gasteiger partial charge on any atom is -0.349 e. The lowest BCUT2D eigenvalue weighted by molar-refractivity contribution is -0.134. The number of likely N-dealkylation sites (tertiary alicyclic amines) is 1. The summed E-state index contributed by atoms with van der Waals surface area (Å²) in [7, 11) is 3.57. The van der Waals surface area contributed by atoms with E-state index in [1.54, 1.807) is 19.0 Å². The molecule has 1 aliphatic rings. The largest absolute Gasteiger partial charge is 0.349 e. The summed E-state index contributed by atoms with van der Waals surface area (Å²) in [5, 5.41) is 0. The average molecular weight is 288 g/mol. The first-order valence-electron chi connectivity index (χ1n) is 7.62. The molecule has 1 aromatic carbocycles. The number of carbonyl (C=O) groups is 2. The van der Waals surface area contributed by atoms with Crippen LogP contribution in [0.25, 0.3) is 0 Å². The Labute approximate surface area is 126 Å². The molecule has 0 spiro atoms. The summed E-state index contributed by atoms with van der Waals surface area (Å²) in [4.78, 5) is 27.9. The van der Waals surface area contributed by atoms with Gasteiger partial charge in [-0.25, -0.2) is 0 Å². The van der Waals surface area contributed by atoms with E-state index in [0.29, 0.717) is 13.1 Å². The highest BCUT2D eigenvalue weighted by molar-refractivity contribution is 5.94. The van der Waals surface area contributed by atoms with E-state index in [1.165, 1.54) is 5.56 Å². The molecule has 0 aliphatic carbocycles. The van der Waals surface area contributed by atoms with Gasteiger partial charge in [-0.2, -0.15) is 0 Å². The maximum absolute atomic E-state index is 12.4. The molecule has 1 saturated heterocycles. The van der Waals surface area contributed by atoms with Gasteiger partial charge in [-0.05, 0) is 37.0 Å². The minimum absolute atomic E-state index is 0.0616. The lowest BCUT2D eigenvalue weighted by Gasteiger charge is -2.32. The number of rotatable bonds is 3. The molecular formula is C17H24N2O2. The number of nitrogens with zero attached hydrogens (tertiary/aromatic N) is 2. The van der Waals surface area contributed by atoms with Crippen molar-refractivity contribution in [3.05, 3.63) is 35.4 Å². The lowest BCUT2D eigenvalue weighted by atomic mass is 9.95. The standard InChI is InChI=1S/C17H24N2O2/c1-4-13-5-7-14(8-6-13)17(21)19-11-9-15(10-12-19)16(20)18(2)3/h5-8,15H,4,9-12H2,1-3H3. The first-order valence-corrected chi connectivity index (χ1v) is 7.62. The highest BCUT2D eigenvalue weighted by atomic mass is 16.2. The summed E-state index contributed by atoms with van der Waals surface area (Å²) in [5.74, 6) is 0.314. The summed E-state index contributed by atoms with van der Waals surface area (Å²) in [6.07, 6.45) is 2.50. The minimum atomic E-state index is 0.0616. The summed E-state index contributed by atoms with van der Waals surface area (Å²) in [6.45, 7) is 3.43. The molecule has 0 unspecified atom stereocenters. The normalized spacial score (nSPS) is 15.9. The Balaban J connectivity index is 1.95. The molecule has 1 aliphatic heterocycles. The van der Waals surface area contributed by atoms with Gasteiger partial charge in [0.25, 0.3) is 5.91 Å². The van der Waals surface area contributed by atoms with Crippen molar-refractivity contribution in [2.75, 3.05) is 27.2 Å². The maximum atomic E-state index is 12.4. The Hall–Kier alpha value is -1.84. The van der Waals surface area contributed by atoms with Crippen LogP contribution in [0.1, 0.15) is 35.7 Å². The lowest BCUT2D eigenvalue weighted by Crippen LogP contribution is -2.42. The van der Waals surface area contributed by atoms with Crippen molar-refractivity contribution in [3.8, 4) is 0 Å². The van der Waals surface area contributed by atoms with Crippen molar-refractivity contribution >= 4 is 11.8 Å². The van der Waals surface area contributed by atoms with E-state index >= 15 is 0 Å². The van der Waals surface area contributed by atoms with Gasteiger partial charge in [0.2, 0.25) is 5.91 Å². The SMILES string of the molecule is CCc1ccc(C(=O)N2CCC(C(=O)N(C)C)CC2)cc1. The Morgan fingerprint density at radius 2 is 1.71 bits per heavy atom. The molecular weight excluding hydrogens is 264 g/mol. The fourth-order valence-electron chi connectivity index (χ4n) is 2.76. The Morgan fingerprint density at radius 3 is 2.19 bits per heavy atom. The monoisotopic (exact) mass is 288 g/mol. The molecule has 0 aromatic heterocycles. The number of carbonyl (C=O) groups excluding carboxylic acids is 2. The molecule has 4 heteroatoms. The van der Waals surface area contributed by atoms with Gasteiger partial charge in [0.05, 0.1) is 0 Å². The molecule has 114 valence electrons. The molecule has 2 amide bonds. The van der Waals surface area contributed by atoms with Crippen LogP contribution in [0, 0.1) is 5.92 Å². The second-order valence-corrected chi connectivity index (χ2v) is 5.85. The summed E-state index contributed by atoms with van der Waals surface area (Å²) in [5.41, 5.74) is 1.98. The molecule has 0 bridgehead atoms. The van der Waals surface area contributed by atoms with Crippen LogP contribution in [0.3, 0.4) is 0 Å². The van der Waals surface area contributed by atoms with Crippen molar-refractivity contribution in [2.24, 2.45) is 5.92 Å². The Morgan fingerprint density at radius 1 is 1.14 bits per heavy atom. The molecule has 4 nitrogen and oxygen atoms in total. The molecule has 1 aromatic rings. The van der Waals surface area contributed by atoms with Crippen LogP contribution < -0.4 is 0 Å². The van der Waals surface area contributed by atoms with Crippen LogP contribution in [0.15, 0.2) is 24.3 Å². The van der Waals surface area contributed by atoms with Gasteiger partial charge in [-0.1, -0.05) is 19.1 Å². The van der Waals surface area contributed by atoms with E-state index in [4.69, 9.17) is 0 Å². The zero-order valence-electron chi connectivity index (χ0n) is 13.1. The highest BCUT2D eigenvalue weighted by Gasteiger charge is 2.28. The van der Waals surface area contributed by atoms with Gasteiger partial charge in [0.15, 0.2) is 0 Å². The van der Waals surface area contributed by atoms with E-state index in [1.807, 2.05) is 29.2 Å². The van der Waals surface area contributed by atoms with E-state index in [-0.39, 0.29) is 17.7 Å². The first kappa shape index (κ1) is 15.5. The van der Waals surface area contributed by atoms with Crippen molar-refractivity contribution in [1.82, 2.24) is 9.80 Å². The molecule has 0 N–H and O–H groups in total. The molecule has 1 fully saturated rings. The molecule has 0 radical (unpaired) electrons. The number of hydrogen-bond donors (Lipinski definition) is 0. The molecule has 2 rings (SSSR count). The van der Waals surface area contributed by atoms with Crippen molar-refractivity contribution in [2.45, 2.75) is 26.2 Å². The third-order valence-electron chi connectivity index (χ3n) is 4.18. The van der Waals surface area contributed by atoms with Gasteiger partial charge in [0.1, 0.15) is 0 Å². The molecule has 0 atom stereocenters. The fourth-order valence-corrected chi connectivity index (χ4v) is 2.76. The summed E-state index contributed by atoms with van der Waals surface area (Å²) in [6, 6.07) is 7.82. The third kappa shape index (κ3) is 3.63. The van der Waals surface area contributed by atoms with E-state index in [2.05, 4.69) is 6.92 Å². The van der Waals surface area contributed by atoms with Crippen LogP contribution in [0.5, 0.6) is 0 Å². The van der Waals surface area contributed by atoms with E-state index < -0.39 is 0 Å². The molecule has 21 heavy (non-hydrogen) atoms. The Bertz CT molecular complexity index is 500. The predicted molar refractivity (Wildman–Crippen MR) is 83.1 cm³/mol. The predicted octanol–water partition coefficient (Wildman–Crippen LogP) is 2.19. The molecule has 1 heterocycles. The average Bonchev–Trinajstić information content (AvgIpc) is 2.53. The highest BCUT2D eigenvalue weighted by Crippen LogP contribution is 2.20.